The highest BCUT2D eigenvalue weighted by Gasteiger charge is 2.22. The van der Waals surface area contributed by atoms with E-state index in [4.69, 9.17) is 28.5 Å². The molecule has 1 rings (SSSR count). The molecular formula is C6H5Cl2NO2. The average molecular weight is 194 g/mol. The highest BCUT2D eigenvalue weighted by molar-refractivity contribution is 6.31. The Morgan fingerprint density at radius 2 is 2.36 bits per heavy atom. The molecule has 0 aliphatic carbocycles. The Labute approximate surface area is 73.6 Å². The minimum Gasteiger partial charge on any atom is -0.479 e. The highest BCUT2D eigenvalue weighted by Crippen LogP contribution is 2.18. The summed E-state index contributed by atoms with van der Waals surface area (Å²) >= 11 is 11.1. The summed E-state index contributed by atoms with van der Waals surface area (Å²) in [6.45, 7) is 0. The van der Waals surface area contributed by atoms with E-state index in [0.29, 0.717) is 5.03 Å². The third kappa shape index (κ3) is 1.88. The first-order valence-electron chi connectivity index (χ1n) is 2.83. The van der Waals surface area contributed by atoms with Crippen molar-refractivity contribution in [1.82, 2.24) is 4.42 Å². The summed E-state index contributed by atoms with van der Waals surface area (Å²) in [5, 5.41) is 8.95. The molecule has 1 N–H and O–H groups in total. The van der Waals surface area contributed by atoms with Gasteiger partial charge >= 0.3 is 5.97 Å². The van der Waals surface area contributed by atoms with Gasteiger partial charge in [0, 0.05) is 23.0 Å². The van der Waals surface area contributed by atoms with Gasteiger partial charge in [-0.1, -0.05) is 11.6 Å². The smallest absolute Gasteiger partial charge is 0.331 e. The maximum Gasteiger partial charge on any atom is 0.331 e. The van der Waals surface area contributed by atoms with Gasteiger partial charge in [0.15, 0.2) is 6.04 Å². The molecule has 0 spiro atoms. The van der Waals surface area contributed by atoms with Crippen LogP contribution in [-0.4, -0.2) is 21.5 Å². The molecule has 60 valence electrons. The third-order valence-corrected chi connectivity index (χ3v) is 1.79. The number of halogens is 2. The number of rotatable bonds is 1. The summed E-state index contributed by atoms with van der Waals surface area (Å²) in [7, 11) is 0. The lowest BCUT2D eigenvalue weighted by Crippen LogP contribution is -2.31. The lowest BCUT2D eigenvalue weighted by Gasteiger charge is -2.19. The largest absolute Gasteiger partial charge is 0.479 e. The SMILES string of the molecule is O=C(O)C1C=C(Cl)C=CN1Cl. The number of nitrogens with zero attached hydrogens (tertiary/aromatic N) is 1. The van der Waals surface area contributed by atoms with Gasteiger partial charge in [-0.05, 0) is 12.2 Å². The zero-order chi connectivity index (χ0) is 8.43. The van der Waals surface area contributed by atoms with Crippen LogP contribution in [0.4, 0.5) is 0 Å². The first-order valence-corrected chi connectivity index (χ1v) is 3.55. The summed E-state index contributed by atoms with van der Waals surface area (Å²) in [6, 6.07) is -0.867. The van der Waals surface area contributed by atoms with Gasteiger partial charge in [-0.3, -0.25) is 4.42 Å². The van der Waals surface area contributed by atoms with E-state index < -0.39 is 12.0 Å². The van der Waals surface area contributed by atoms with Crippen LogP contribution < -0.4 is 0 Å². The monoisotopic (exact) mass is 193 g/mol. The van der Waals surface area contributed by atoms with E-state index in [2.05, 4.69) is 0 Å². The van der Waals surface area contributed by atoms with E-state index in [9.17, 15) is 4.79 Å². The predicted octanol–water partition coefficient (Wildman–Crippen LogP) is 1.55. The van der Waals surface area contributed by atoms with Crippen molar-refractivity contribution in [1.29, 1.82) is 0 Å². The summed E-state index contributed by atoms with van der Waals surface area (Å²) in [6.07, 6.45) is 4.29. The van der Waals surface area contributed by atoms with E-state index in [1.807, 2.05) is 0 Å². The lowest BCUT2D eigenvalue weighted by atomic mass is 10.2. The molecule has 11 heavy (non-hydrogen) atoms. The first-order chi connectivity index (χ1) is 5.11. The Bertz CT molecular complexity index is 237. The van der Waals surface area contributed by atoms with Gasteiger partial charge in [-0.15, -0.1) is 0 Å². The summed E-state index contributed by atoms with van der Waals surface area (Å²) in [5.41, 5.74) is 0. The number of carbonyl (C=O) groups is 1. The van der Waals surface area contributed by atoms with Crippen molar-refractivity contribution in [3.8, 4) is 0 Å². The van der Waals surface area contributed by atoms with Gasteiger partial charge in [0.1, 0.15) is 0 Å². The number of hydrogen-bond donors (Lipinski definition) is 1. The molecule has 0 amide bonds. The molecule has 1 atom stereocenters. The zero-order valence-corrected chi connectivity index (χ0v) is 6.88. The third-order valence-electron chi connectivity index (χ3n) is 1.21. The van der Waals surface area contributed by atoms with Crippen molar-refractivity contribution in [3.05, 3.63) is 23.4 Å². The summed E-state index contributed by atoms with van der Waals surface area (Å²) in [4.78, 5) is 10.4. The van der Waals surface area contributed by atoms with Crippen LogP contribution in [-0.2, 0) is 4.79 Å². The number of aliphatic carboxylic acids is 1. The topological polar surface area (TPSA) is 40.5 Å². The number of hydrogen-bond acceptors (Lipinski definition) is 2. The first kappa shape index (κ1) is 8.43. The Hall–Kier alpha value is -0.670. The van der Waals surface area contributed by atoms with Gasteiger partial charge in [-0.2, -0.15) is 0 Å². The molecule has 1 aliphatic heterocycles. The van der Waals surface area contributed by atoms with Crippen LogP contribution in [0.2, 0.25) is 0 Å². The molecule has 0 aromatic heterocycles. The van der Waals surface area contributed by atoms with Crippen LogP contribution in [0.1, 0.15) is 0 Å². The van der Waals surface area contributed by atoms with Crippen LogP contribution in [0, 0.1) is 0 Å². The van der Waals surface area contributed by atoms with E-state index in [1.165, 1.54) is 18.4 Å². The zero-order valence-electron chi connectivity index (χ0n) is 5.37. The molecule has 0 saturated carbocycles. The Balaban J connectivity index is 2.81. The van der Waals surface area contributed by atoms with E-state index in [0.717, 1.165) is 4.42 Å². The Kier molecular flexibility index (Phi) is 2.42. The molecule has 5 heteroatoms. The molecule has 3 nitrogen and oxygen atoms in total. The minimum atomic E-state index is -1.03. The molecule has 0 aromatic rings. The quantitative estimate of drug-likeness (QED) is 0.643. The van der Waals surface area contributed by atoms with Gasteiger partial charge in [-0.25, -0.2) is 4.79 Å². The normalized spacial score (nSPS) is 23.3. The average Bonchev–Trinajstić information content (AvgIpc) is 1.94. The van der Waals surface area contributed by atoms with Crippen molar-refractivity contribution in [2.75, 3.05) is 0 Å². The molecular weight excluding hydrogens is 189 g/mol. The predicted molar refractivity (Wildman–Crippen MR) is 42.2 cm³/mol. The number of allylic oxidation sites excluding steroid dienone is 2. The van der Waals surface area contributed by atoms with E-state index in [1.54, 1.807) is 0 Å². The standard InChI is InChI=1S/C6H5Cl2NO2/c7-4-1-2-9(8)5(3-4)6(10)11/h1-3,5H,(H,10,11). The fourth-order valence-electron chi connectivity index (χ4n) is 0.690. The molecule has 0 radical (unpaired) electrons. The Morgan fingerprint density at radius 1 is 1.73 bits per heavy atom. The second-order valence-electron chi connectivity index (χ2n) is 1.99. The van der Waals surface area contributed by atoms with Gasteiger partial charge in [0.2, 0.25) is 0 Å². The molecule has 0 fully saturated rings. The fraction of sp³-hybridized carbons (Fsp3) is 0.167. The number of carboxylic acids is 1. The second kappa shape index (κ2) is 3.15. The van der Waals surface area contributed by atoms with E-state index >= 15 is 0 Å². The van der Waals surface area contributed by atoms with Crippen molar-refractivity contribution < 1.29 is 9.90 Å². The molecule has 0 aromatic carbocycles. The van der Waals surface area contributed by atoms with Crippen LogP contribution in [0.25, 0.3) is 0 Å². The summed E-state index contributed by atoms with van der Waals surface area (Å²) in [5.74, 6) is -1.03. The van der Waals surface area contributed by atoms with Gasteiger partial charge in [0.25, 0.3) is 0 Å². The summed E-state index contributed by atoms with van der Waals surface area (Å²) < 4.78 is 1.05. The molecule has 1 heterocycles. The maximum absolute atomic E-state index is 10.4. The highest BCUT2D eigenvalue weighted by atomic mass is 35.5. The molecule has 0 bridgehead atoms. The molecule has 0 saturated heterocycles. The van der Waals surface area contributed by atoms with Crippen molar-refractivity contribution in [2.45, 2.75) is 6.04 Å². The van der Waals surface area contributed by atoms with Crippen LogP contribution in [0.15, 0.2) is 23.4 Å². The lowest BCUT2D eigenvalue weighted by molar-refractivity contribution is -0.139. The van der Waals surface area contributed by atoms with Gasteiger partial charge < -0.3 is 5.11 Å². The minimum absolute atomic E-state index is 0.384. The van der Waals surface area contributed by atoms with Gasteiger partial charge in [0.05, 0.1) is 0 Å². The van der Waals surface area contributed by atoms with Crippen LogP contribution in [0.3, 0.4) is 0 Å². The second-order valence-corrected chi connectivity index (χ2v) is 2.82. The Morgan fingerprint density at radius 3 is 2.82 bits per heavy atom. The molecule has 1 unspecified atom stereocenters. The van der Waals surface area contributed by atoms with Crippen LogP contribution in [0.5, 0.6) is 0 Å². The van der Waals surface area contributed by atoms with Crippen molar-refractivity contribution in [3.63, 3.8) is 0 Å². The van der Waals surface area contributed by atoms with Crippen molar-refractivity contribution in [2.24, 2.45) is 0 Å². The fourth-order valence-corrected chi connectivity index (χ4v) is 1.06. The maximum atomic E-state index is 10.4. The van der Waals surface area contributed by atoms with E-state index in [-0.39, 0.29) is 0 Å². The van der Waals surface area contributed by atoms with Crippen molar-refractivity contribution >= 4 is 29.3 Å². The number of carboxylic acid groups (broad SMARTS) is 1. The molecule has 1 aliphatic rings. The van der Waals surface area contributed by atoms with Crippen LogP contribution >= 0.6 is 23.4 Å².